The Kier molecular flexibility index (Phi) is 15.3. The molecule has 0 radical (unpaired) electrons. The maximum Gasteiger partial charge on any atom is 0.158 e. The molecule has 3 heterocycles. The van der Waals surface area contributed by atoms with E-state index in [-0.39, 0.29) is 54.8 Å². The van der Waals surface area contributed by atoms with Crippen molar-refractivity contribution in [1.29, 1.82) is 0 Å². The molecule has 46 heavy (non-hydrogen) atoms. The van der Waals surface area contributed by atoms with E-state index in [0.29, 0.717) is 6.42 Å². The highest BCUT2D eigenvalue weighted by Crippen LogP contribution is 2.42. The van der Waals surface area contributed by atoms with Crippen molar-refractivity contribution in [2.45, 2.75) is 147 Å². The van der Waals surface area contributed by atoms with E-state index in [9.17, 15) is 4.79 Å². The molecule has 1 saturated carbocycles. The molecule has 0 amide bonds. The van der Waals surface area contributed by atoms with Gasteiger partial charge in [0.2, 0.25) is 0 Å². The van der Waals surface area contributed by atoms with Crippen LogP contribution >= 0.6 is 0 Å². The summed E-state index contributed by atoms with van der Waals surface area (Å²) in [5.41, 5.74) is 1.32. The highest BCUT2D eigenvalue weighted by atomic mass is 16.7. The molecule has 1 aromatic carbocycles. The number of hydrogen-bond donors (Lipinski definition) is 0. The van der Waals surface area contributed by atoms with Crippen molar-refractivity contribution in [2.75, 3.05) is 19.8 Å². The average Bonchev–Trinajstić information content (AvgIpc) is 3.40. The normalized spacial score (nSPS) is 31.5. The van der Waals surface area contributed by atoms with E-state index in [1.54, 1.807) is 6.92 Å². The lowest BCUT2D eigenvalue weighted by molar-refractivity contribution is -0.203. The molecular formula is C39H58O7. The molecule has 256 valence electrons. The second-order valence-electron chi connectivity index (χ2n) is 13.6. The van der Waals surface area contributed by atoms with E-state index in [4.69, 9.17) is 28.4 Å². The predicted octanol–water partition coefficient (Wildman–Crippen LogP) is 8.25. The number of ketones is 1. The van der Waals surface area contributed by atoms with Gasteiger partial charge in [-0.05, 0) is 108 Å². The topological polar surface area (TPSA) is 72.5 Å². The molecule has 0 bridgehead atoms. The summed E-state index contributed by atoms with van der Waals surface area (Å²) < 4.78 is 38.3. The van der Waals surface area contributed by atoms with Gasteiger partial charge in [0.1, 0.15) is 5.78 Å². The first-order valence-electron chi connectivity index (χ1n) is 18.3. The molecule has 4 aliphatic rings. The zero-order chi connectivity index (χ0) is 31.8. The van der Waals surface area contributed by atoms with Crippen LogP contribution in [0, 0.1) is 11.8 Å². The second kappa shape index (κ2) is 19.8. The smallest absolute Gasteiger partial charge is 0.158 e. The minimum atomic E-state index is -0.164. The van der Waals surface area contributed by atoms with Crippen LogP contribution < -0.4 is 0 Å². The second-order valence-corrected chi connectivity index (χ2v) is 13.6. The number of hydrogen-bond acceptors (Lipinski definition) is 7. The number of carbonyl (C=O) groups excluding carboxylic acids is 1. The van der Waals surface area contributed by atoms with E-state index < -0.39 is 0 Å². The third kappa shape index (κ3) is 12.0. The SMILES string of the molecule is CC(=O)CCC/C=C\C[C@@H]1[C@@H](/C=C/[C@H](CCc2ccccc2)OC2CCCCO2)[C@H](OC2CCCCO2)C[C@@H]1OC1CCCCO1. The Morgan fingerprint density at radius 3 is 2.13 bits per heavy atom. The largest absolute Gasteiger partial charge is 0.353 e. The molecule has 5 rings (SSSR count). The lowest BCUT2D eigenvalue weighted by atomic mass is 9.89. The highest BCUT2D eigenvalue weighted by molar-refractivity contribution is 5.75. The van der Waals surface area contributed by atoms with Gasteiger partial charge in [0.15, 0.2) is 18.9 Å². The first-order chi connectivity index (χ1) is 22.6. The van der Waals surface area contributed by atoms with Gasteiger partial charge in [-0.25, -0.2) is 0 Å². The van der Waals surface area contributed by atoms with Crippen LogP contribution in [-0.2, 0) is 39.6 Å². The molecule has 7 nitrogen and oxygen atoms in total. The Labute approximate surface area is 277 Å². The van der Waals surface area contributed by atoms with E-state index in [2.05, 4.69) is 54.6 Å². The zero-order valence-corrected chi connectivity index (χ0v) is 28.1. The maximum atomic E-state index is 11.4. The number of aryl methyl sites for hydroxylation is 1. The van der Waals surface area contributed by atoms with Gasteiger partial charge in [0.25, 0.3) is 0 Å². The van der Waals surface area contributed by atoms with Crippen molar-refractivity contribution < 1.29 is 33.2 Å². The fourth-order valence-corrected chi connectivity index (χ4v) is 7.26. The van der Waals surface area contributed by atoms with Crippen LogP contribution in [0.1, 0.15) is 109 Å². The Morgan fingerprint density at radius 1 is 0.848 bits per heavy atom. The van der Waals surface area contributed by atoms with Gasteiger partial charge < -0.3 is 33.2 Å². The van der Waals surface area contributed by atoms with Crippen molar-refractivity contribution in [3.63, 3.8) is 0 Å². The summed E-state index contributed by atoms with van der Waals surface area (Å²) in [6.45, 7) is 3.96. The van der Waals surface area contributed by atoms with E-state index in [1.807, 2.05) is 0 Å². The molecule has 3 unspecified atom stereocenters. The van der Waals surface area contributed by atoms with Crippen LogP contribution in [0.2, 0.25) is 0 Å². The van der Waals surface area contributed by atoms with E-state index in [1.165, 1.54) is 5.56 Å². The number of Topliss-reactive ketones (excluding diaryl/α,β-unsaturated/α-hetero) is 1. The molecule has 3 aliphatic heterocycles. The van der Waals surface area contributed by atoms with Gasteiger partial charge in [-0.1, -0.05) is 54.6 Å². The molecule has 1 aromatic rings. The summed E-state index contributed by atoms with van der Waals surface area (Å²) in [6, 6.07) is 10.7. The lowest BCUT2D eigenvalue weighted by Crippen LogP contribution is -2.31. The lowest BCUT2D eigenvalue weighted by Gasteiger charge is -2.30. The molecule has 0 N–H and O–H groups in total. The zero-order valence-electron chi connectivity index (χ0n) is 28.1. The summed E-state index contributed by atoms with van der Waals surface area (Å²) in [5, 5.41) is 0. The van der Waals surface area contributed by atoms with Crippen LogP contribution in [0.25, 0.3) is 0 Å². The van der Waals surface area contributed by atoms with Crippen LogP contribution in [0.3, 0.4) is 0 Å². The Morgan fingerprint density at radius 2 is 1.50 bits per heavy atom. The van der Waals surface area contributed by atoms with E-state index in [0.717, 1.165) is 116 Å². The predicted molar refractivity (Wildman–Crippen MR) is 179 cm³/mol. The van der Waals surface area contributed by atoms with Gasteiger partial charge in [0, 0.05) is 38.6 Å². The van der Waals surface area contributed by atoms with Gasteiger partial charge >= 0.3 is 0 Å². The molecular weight excluding hydrogens is 580 g/mol. The van der Waals surface area contributed by atoms with Gasteiger partial charge in [-0.2, -0.15) is 0 Å². The number of unbranched alkanes of at least 4 members (excludes halogenated alkanes) is 1. The van der Waals surface area contributed by atoms with Crippen molar-refractivity contribution in [3.8, 4) is 0 Å². The molecule has 4 fully saturated rings. The molecule has 3 saturated heterocycles. The minimum absolute atomic E-state index is 0.00948. The standard InChI is InChI=1S/C39H58O7/c1-30(40)15-5-2-3-8-18-33-34(25-24-32(44-37-19-9-12-26-41-37)23-22-31-16-6-4-7-17-31)36(46-39-21-11-14-28-43-39)29-35(33)45-38-20-10-13-27-42-38/h3-4,6-8,16-17,24-25,32-39H,2,5,9-15,18-23,26-29H2,1H3/b8-3-,25-24+/t32-,33+,34+,35-,36+,37?,38?,39?/m0/s1. The van der Waals surface area contributed by atoms with E-state index >= 15 is 0 Å². The number of rotatable bonds is 17. The number of ether oxygens (including phenoxy) is 6. The fourth-order valence-electron chi connectivity index (χ4n) is 7.26. The summed E-state index contributed by atoms with van der Waals surface area (Å²) in [4.78, 5) is 11.4. The van der Waals surface area contributed by atoms with Gasteiger partial charge in [-0.15, -0.1) is 0 Å². The van der Waals surface area contributed by atoms with Crippen molar-refractivity contribution >= 4 is 5.78 Å². The third-order valence-electron chi connectivity index (χ3n) is 9.84. The average molecular weight is 639 g/mol. The van der Waals surface area contributed by atoms with Crippen LogP contribution in [0.4, 0.5) is 0 Å². The first-order valence-corrected chi connectivity index (χ1v) is 18.3. The van der Waals surface area contributed by atoms with Crippen LogP contribution in [0.15, 0.2) is 54.6 Å². The quantitative estimate of drug-likeness (QED) is 0.126. The number of benzene rings is 1. The summed E-state index contributed by atoms with van der Waals surface area (Å²) >= 11 is 0. The van der Waals surface area contributed by atoms with Crippen LogP contribution in [-0.4, -0.2) is 62.8 Å². The molecule has 0 spiro atoms. The summed E-state index contributed by atoms with van der Waals surface area (Å²) in [7, 11) is 0. The van der Waals surface area contributed by atoms with Crippen molar-refractivity contribution in [1.82, 2.24) is 0 Å². The van der Waals surface area contributed by atoms with Crippen molar-refractivity contribution in [3.05, 3.63) is 60.2 Å². The summed E-state index contributed by atoms with van der Waals surface area (Å²) in [5.74, 6) is 0.638. The third-order valence-corrected chi connectivity index (χ3v) is 9.84. The number of carbonyl (C=O) groups is 1. The first kappa shape index (κ1) is 35.4. The van der Waals surface area contributed by atoms with Gasteiger partial charge in [-0.3, -0.25) is 0 Å². The molecule has 1 aliphatic carbocycles. The number of allylic oxidation sites excluding steroid dienone is 2. The summed E-state index contributed by atoms with van der Waals surface area (Å²) in [6.07, 6.45) is 24.2. The van der Waals surface area contributed by atoms with Crippen LogP contribution in [0.5, 0.6) is 0 Å². The fraction of sp³-hybridized carbons (Fsp3) is 0.718. The monoisotopic (exact) mass is 638 g/mol. The minimum Gasteiger partial charge on any atom is -0.353 e. The highest BCUT2D eigenvalue weighted by Gasteiger charge is 2.45. The molecule has 8 atom stereocenters. The Hall–Kier alpha value is -1.87. The maximum absolute atomic E-state index is 11.4. The Bertz CT molecular complexity index is 1040. The van der Waals surface area contributed by atoms with Gasteiger partial charge in [0.05, 0.1) is 18.3 Å². The van der Waals surface area contributed by atoms with Crippen molar-refractivity contribution in [2.24, 2.45) is 11.8 Å². The molecule has 7 heteroatoms. The Balaban J connectivity index is 1.34. The molecule has 0 aromatic heterocycles.